The first-order valence-corrected chi connectivity index (χ1v) is 16.2. The van der Waals surface area contributed by atoms with E-state index in [4.69, 9.17) is 9.72 Å². The molecule has 0 saturated carbocycles. The largest absolute Gasteiger partial charge is 0.497 e. The normalized spacial score (nSPS) is 15.2. The maximum absolute atomic E-state index is 13.8. The lowest BCUT2D eigenvalue weighted by molar-refractivity contribution is 0.0591. The number of ether oxygens (including phenoxy) is 1. The maximum Gasteiger partial charge on any atom is 0.322 e. The Kier molecular flexibility index (Phi) is 9.39. The molecule has 2 aromatic carbocycles. The Morgan fingerprint density at radius 1 is 1.07 bits per heavy atom. The van der Waals surface area contributed by atoms with E-state index in [2.05, 4.69) is 56.3 Å². The summed E-state index contributed by atoms with van der Waals surface area (Å²) in [4.78, 5) is 35.8. The van der Waals surface area contributed by atoms with Gasteiger partial charge in [0.15, 0.2) is 0 Å². The summed E-state index contributed by atoms with van der Waals surface area (Å²) in [6.07, 6.45) is 2.27. The van der Waals surface area contributed by atoms with Crippen LogP contribution in [0.5, 0.6) is 5.75 Å². The number of urea groups is 1. The molecule has 3 amide bonds. The van der Waals surface area contributed by atoms with Crippen molar-refractivity contribution < 1.29 is 14.3 Å². The molecule has 232 valence electrons. The molecular formula is C34H42N6O3S. The number of hydrogen-bond acceptors (Lipinski definition) is 6. The topological polar surface area (TPSA) is 92.6 Å². The van der Waals surface area contributed by atoms with E-state index in [1.165, 1.54) is 11.3 Å². The molecule has 2 aromatic heterocycles. The summed E-state index contributed by atoms with van der Waals surface area (Å²) in [6, 6.07) is 13.7. The number of carbonyl (C=O) groups is 2. The van der Waals surface area contributed by atoms with Crippen molar-refractivity contribution in [2.75, 3.05) is 32.1 Å². The summed E-state index contributed by atoms with van der Waals surface area (Å²) in [7, 11) is 1.65. The second-order valence-electron chi connectivity index (χ2n) is 11.9. The van der Waals surface area contributed by atoms with Crippen molar-refractivity contribution >= 4 is 29.0 Å². The number of thiazole rings is 1. The van der Waals surface area contributed by atoms with Crippen LogP contribution in [0.2, 0.25) is 0 Å². The third kappa shape index (κ3) is 6.22. The highest BCUT2D eigenvalue weighted by Gasteiger charge is 2.33. The number of anilines is 1. The number of rotatable bonds is 8. The molecule has 0 aliphatic carbocycles. The van der Waals surface area contributed by atoms with Crippen molar-refractivity contribution in [1.82, 2.24) is 24.6 Å². The van der Waals surface area contributed by atoms with Crippen molar-refractivity contribution in [2.45, 2.75) is 65.8 Å². The number of hydrogen-bond donors (Lipinski definition) is 1. The molecule has 44 heavy (non-hydrogen) atoms. The highest BCUT2D eigenvalue weighted by atomic mass is 32.1. The zero-order chi connectivity index (χ0) is 31.5. The molecule has 5 rings (SSSR count). The number of carbonyl (C=O) groups excluding carboxylic acids is 2. The van der Waals surface area contributed by atoms with Crippen LogP contribution in [0.4, 0.5) is 10.5 Å². The standard InChI is InChI=1S/C34H42N6O3S/c1-8-30-28(18-35-40(30)34-36-29(20-44-34)24-11-9-12-25(17-24)43-7)32(41)38-15-16-39(23(6)19-38)33(42)37-31-26(21(2)3)13-10-14-27(31)22(4)5/h9-14,17-18,20-23H,8,15-16,19H2,1-7H3,(H,37,42). The van der Waals surface area contributed by atoms with E-state index >= 15 is 0 Å². The minimum Gasteiger partial charge on any atom is -0.497 e. The van der Waals surface area contributed by atoms with Gasteiger partial charge in [-0.25, -0.2) is 14.5 Å². The molecule has 3 heterocycles. The van der Waals surface area contributed by atoms with Crippen LogP contribution in [0, 0.1) is 0 Å². The number of benzene rings is 2. The van der Waals surface area contributed by atoms with E-state index in [1.807, 2.05) is 53.3 Å². The first-order chi connectivity index (χ1) is 21.1. The van der Waals surface area contributed by atoms with Gasteiger partial charge >= 0.3 is 6.03 Å². The average Bonchev–Trinajstić information content (AvgIpc) is 3.68. The van der Waals surface area contributed by atoms with Crippen LogP contribution in [0.1, 0.15) is 80.6 Å². The van der Waals surface area contributed by atoms with Gasteiger partial charge in [-0.3, -0.25) is 4.79 Å². The Bertz CT molecular complexity index is 1620. The van der Waals surface area contributed by atoms with Crippen LogP contribution < -0.4 is 10.1 Å². The highest BCUT2D eigenvalue weighted by molar-refractivity contribution is 7.12. The van der Waals surface area contributed by atoms with Crippen molar-refractivity contribution in [2.24, 2.45) is 0 Å². The van der Waals surface area contributed by atoms with Gasteiger partial charge in [-0.2, -0.15) is 5.10 Å². The third-order valence-corrected chi connectivity index (χ3v) is 9.07. The summed E-state index contributed by atoms with van der Waals surface area (Å²) in [5, 5.41) is 10.5. The average molecular weight is 615 g/mol. The van der Waals surface area contributed by atoms with Gasteiger partial charge in [0.1, 0.15) is 5.75 Å². The lowest BCUT2D eigenvalue weighted by atomic mass is 9.92. The molecule has 1 aliphatic heterocycles. The van der Waals surface area contributed by atoms with Gasteiger partial charge in [0.2, 0.25) is 5.13 Å². The number of piperazine rings is 1. The van der Waals surface area contributed by atoms with E-state index in [0.717, 1.165) is 39.5 Å². The molecule has 10 heteroatoms. The smallest absolute Gasteiger partial charge is 0.322 e. The van der Waals surface area contributed by atoms with Gasteiger partial charge in [-0.1, -0.05) is 65.0 Å². The van der Waals surface area contributed by atoms with Gasteiger partial charge in [0.05, 0.1) is 30.3 Å². The summed E-state index contributed by atoms with van der Waals surface area (Å²) in [5.41, 5.74) is 6.34. The number of para-hydroxylation sites is 1. The molecule has 1 aliphatic rings. The second-order valence-corrected chi connectivity index (χ2v) is 12.7. The van der Waals surface area contributed by atoms with Gasteiger partial charge in [0.25, 0.3) is 5.91 Å². The van der Waals surface area contributed by atoms with Crippen LogP contribution in [-0.2, 0) is 6.42 Å². The number of amides is 3. The second kappa shape index (κ2) is 13.2. The molecule has 1 fully saturated rings. The first kappa shape index (κ1) is 31.3. The third-order valence-electron chi connectivity index (χ3n) is 8.25. The maximum atomic E-state index is 13.8. The molecule has 9 nitrogen and oxygen atoms in total. The molecule has 1 atom stereocenters. The van der Waals surface area contributed by atoms with Crippen molar-refractivity contribution in [3.8, 4) is 22.1 Å². The Morgan fingerprint density at radius 2 is 1.77 bits per heavy atom. The Labute approximate surface area is 263 Å². The Hall–Kier alpha value is -4.18. The van der Waals surface area contributed by atoms with Crippen LogP contribution in [0.15, 0.2) is 54.0 Å². The molecule has 1 N–H and O–H groups in total. The summed E-state index contributed by atoms with van der Waals surface area (Å²) in [6.45, 7) is 13.9. The van der Waals surface area contributed by atoms with Gasteiger partial charge in [-0.05, 0) is 48.4 Å². The lowest BCUT2D eigenvalue weighted by Gasteiger charge is -2.40. The zero-order valence-corrected chi connectivity index (χ0v) is 27.4. The van der Waals surface area contributed by atoms with Crippen molar-refractivity contribution in [3.63, 3.8) is 0 Å². The molecule has 0 spiro atoms. The monoisotopic (exact) mass is 614 g/mol. The van der Waals surface area contributed by atoms with E-state index in [0.29, 0.717) is 36.8 Å². The van der Waals surface area contributed by atoms with Gasteiger partial charge in [-0.15, -0.1) is 11.3 Å². The Balaban J connectivity index is 1.30. The number of aromatic nitrogens is 3. The van der Waals surface area contributed by atoms with Gasteiger partial charge < -0.3 is 19.9 Å². The van der Waals surface area contributed by atoms with E-state index in [1.54, 1.807) is 18.0 Å². The molecule has 1 saturated heterocycles. The van der Waals surface area contributed by atoms with Crippen LogP contribution in [-0.4, -0.2) is 69.3 Å². The lowest BCUT2D eigenvalue weighted by Crippen LogP contribution is -2.56. The van der Waals surface area contributed by atoms with E-state index < -0.39 is 0 Å². The molecule has 1 unspecified atom stereocenters. The van der Waals surface area contributed by atoms with Crippen LogP contribution >= 0.6 is 11.3 Å². The van der Waals surface area contributed by atoms with E-state index in [9.17, 15) is 9.59 Å². The molecule has 0 radical (unpaired) electrons. The fourth-order valence-electron chi connectivity index (χ4n) is 5.82. The summed E-state index contributed by atoms with van der Waals surface area (Å²) >= 11 is 1.48. The quantitative estimate of drug-likeness (QED) is 0.227. The van der Waals surface area contributed by atoms with Crippen molar-refractivity contribution in [3.05, 3.63) is 76.4 Å². The minimum absolute atomic E-state index is 0.0724. The highest BCUT2D eigenvalue weighted by Crippen LogP contribution is 2.33. The fourth-order valence-corrected chi connectivity index (χ4v) is 6.64. The number of nitrogens with one attached hydrogen (secondary N) is 1. The SMILES string of the molecule is CCc1c(C(=O)N2CCN(C(=O)Nc3c(C(C)C)cccc3C(C)C)C(C)C2)cnn1-c1nc(-c2cccc(OC)c2)cs1. The van der Waals surface area contributed by atoms with Crippen LogP contribution in [0.25, 0.3) is 16.4 Å². The van der Waals surface area contributed by atoms with Crippen molar-refractivity contribution in [1.29, 1.82) is 0 Å². The number of nitrogens with zero attached hydrogens (tertiary/aromatic N) is 5. The predicted molar refractivity (Wildman–Crippen MR) is 176 cm³/mol. The predicted octanol–water partition coefficient (Wildman–Crippen LogP) is 7.19. The summed E-state index contributed by atoms with van der Waals surface area (Å²) in [5.74, 6) is 1.26. The molecular weight excluding hydrogens is 572 g/mol. The van der Waals surface area contributed by atoms with E-state index in [-0.39, 0.29) is 29.8 Å². The molecule has 0 bridgehead atoms. The summed E-state index contributed by atoms with van der Waals surface area (Å²) < 4.78 is 7.13. The molecule has 4 aromatic rings. The minimum atomic E-state index is -0.147. The van der Waals surface area contributed by atoms with Gasteiger partial charge in [0, 0.05) is 42.3 Å². The number of methoxy groups -OCH3 is 1. The van der Waals surface area contributed by atoms with Crippen LogP contribution in [0.3, 0.4) is 0 Å². The fraction of sp³-hybridized carbons (Fsp3) is 0.412. The Morgan fingerprint density at radius 3 is 2.41 bits per heavy atom. The zero-order valence-electron chi connectivity index (χ0n) is 26.6. The first-order valence-electron chi connectivity index (χ1n) is 15.3.